The summed E-state index contributed by atoms with van der Waals surface area (Å²) in [6.45, 7) is 1.40. The second-order valence-electron chi connectivity index (χ2n) is 4.39. The molecule has 0 spiro atoms. The topological polar surface area (TPSA) is 88.3 Å². The summed E-state index contributed by atoms with van der Waals surface area (Å²) in [4.78, 5) is 28.8. The molecule has 2 heterocycles. The highest BCUT2D eigenvalue weighted by Crippen LogP contribution is 2.28. The zero-order valence-electron chi connectivity index (χ0n) is 11.3. The Morgan fingerprint density at radius 3 is 2.75 bits per heavy atom. The van der Waals surface area contributed by atoms with Crippen molar-refractivity contribution in [3.8, 4) is 10.6 Å². The average Bonchev–Trinajstić information content (AvgIpc) is 2.93. The van der Waals surface area contributed by atoms with Gasteiger partial charge < -0.3 is 10.0 Å². The predicted octanol–water partition coefficient (Wildman–Crippen LogP) is 1.01. The lowest BCUT2D eigenvalue weighted by Crippen LogP contribution is -2.31. The Hall–Kier alpha value is -2.22. The van der Waals surface area contributed by atoms with E-state index in [0.29, 0.717) is 15.6 Å². The van der Waals surface area contributed by atoms with Gasteiger partial charge in [-0.2, -0.15) is 5.10 Å². The summed E-state index contributed by atoms with van der Waals surface area (Å²) < 4.78 is 1.66. The van der Waals surface area contributed by atoms with Crippen molar-refractivity contribution < 1.29 is 14.7 Å². The molecule has 20 heavy (non-hydrogen) atoms. The Morgan fingerprint density at radius 2 is 2.20 bits per heavy atom. The largest absolute Gasteiger partial charge is 0.480 e. The molecule has 8 heteroatoms. The molecule has 7 nitrogen and oxygen atoms in total. The number of aliphatic carboxylic acids is 1. The van der Waals surface area contributed by atoms with Crippen LogP contribution in [-0.4, -0.2) is 50.2 Å². The minimum absolute atomic E-state index is 0.335. The van der Waals surface area contributed by atoms with Gasteiger partial charge in [-0.3, -0.25) is 14.3 Å². The number of rotatable bonds is 4. The molecule has 0 aliphatic carbocycles. The van der Waals surface area contributed by atoms with Crippen molar-refractivity contribution in [3.63, 3.8) is 0 Å². The van der Waals surface area contributed by atoms with E-state index in [1.165, 1.54) is 18.4 Å². The summed E-state index contributed by atoms with van der Waals surface area (Å²) in [5.41, 5.74) is 1.43. The maximum Gasteiger partial charge on any atom is 0.323 e. The van der Waals surface area contributed by atoms with Gasteiger partial charge in [0.25, 0.3) is 5.91 Å². The van der Waals surface area contributed by atoms with E-state index in [4.69, 9.17) is 5.11 Å². The van der Waals surface area contributed by atoms with Gasteiger partial charge in [-0.25, -0.2) is 4.98 Å². The maximum absolute atomic E-state index is 12.2. The van der Waals surface area contributed by atoms with Gasteiger partial charge in [-0.1, -0.05) is 0 Å². The summed E-state index contributed by atoms with van der Waals surface area (Å²) in [5, 5.41) is 13.5. The molecule has 0 bridgehead atoms. The van der Waals surface area contributed by atoms with Crippen LogP contribution in [0.15, 0.2) is 12.4 Å². The van der Waals surface area contributed by atoms with E-state index in [2.05, 4.69) is 10.1 Å². The summed E-state index contributed by atoms with van der Waals surface area (Å²) in [6, 6.07) is 0. The van der Waals surface area contributed by atoms with Crippen LogP contribution < -0.4 is 0 Å². The van der Waals surface area contributed by atoms with Crippen molar-refractivity contribution in [3.05, 3.63) is 23.0 Å². The van der Waals surface area contributed by atoms with Crippen molar-refractivity contribution in [1.82, 2.24) is 19.7 Å². The highest BCUT2D eigenvalue weighted by Gasteiger charge is 2.21. The molecule has 2 rings (SSSR count). The van der Waals surface area contributed by atoms with Gasteiger partial charge in [0.2, 0.25) is 0 Å². The quantitative estimate of drug-likeness (QED) is 0.909. The number of nitrogens with zero attached hydrogens (tertiary/aromatic N) is 4. The molecule has 0 fully saturated rings. The summed E-state index contributed by atoms with van der Waals surface area (Å²) in [7, 11) is 3.26. The Bertz CT molecular complexity index is 661. The molecule has 2 aromatic heterocycles. The van der Waals surface area contributed by atoms with E-state index in [1.54, 1.807) is 24.9 Å². The number of carboxylic acids is 1. The van der Waals surface area contributed by atoms with Crippen molar-refractivity contribution in [2.24, 2.45) is 7.05 Å². The van der Waals surface area contributed by atoms with E-state index < -0.39 is 5.97 Å². The lowest BCUT2D eigenvalue weighted by Gasteiger charge is -2.13. The third-order valence-corrected chi connectivity index (χ3v) is 3.86. The number of aromatic nitrogens is 3. The van der Waals surface area contributed by atoms with Crippen molar-refractivity contribution in [2.45, 2.75) is 6.92 Å². The molecular formula is C12H14N4O3S. The highest BCUT2D eigenvalue weighted by molar-refractivity contribution is 7.17. The van der Waals surface area contributed by atoms with Gasteiger partial charge in [0.15, 0.2) is 0 Å². The van der Waals surface area contributed by atoms with Crippen LogP contribution in [0.5, 0.6) is 0 Å². The number of amides is 1. The number of hydrogen-bond donors (Lipinski definition) is 1. The molecule has 0 saturated carbocycles. The standard InChI is InChI=1S/C12H14N4O3S/c1-7-10(12(19)15(2)6-9(17)18)20-11(14-7)8-4-13-16(3)5-8/h4-5H,6H2,1-3H3,(H,17,18). The zero-order chi connectivity index (χ0) is 14.9. The van der Waals surface area contributed by atoms with Gasteiger partial charge in [-0.15, -0.1) is 11.3 Å². The van der Waals surface area contributed by atoms with E-state index in [-0.39, 0.29) is 12.5 Å². The fourth-order valence-electron chi connectivity index (χ4n) is 1.70. The maximum atomic E-state index is 12.2. The Morgan fingerprint density at radius 1 is 1.50 bits per heavy atom. The minimum Gasteiger partial charge on any atom is -0.480 e. The molecular weight excluding hydrogens is 280 g/mol. The summed E-state index contributed by atoms with van der Waals surface area (Å²) >= 11 is 1.24. The molecule has 0 unspecified atom stereocenters. The molecule has 0 aromatic carbocycles. The number of carbonyl (C=O) groups excluding carboxylic acids is 1. The molecule has 2 aromatic rings. The van der Waals surface area contributed by atoms with E-state index in [9.17, 15) is 9.59 Å². The summed E-state index contributed by atoms with van der Waals surface area (Å²) in [5.74, 6) is -1.38. The molecule has 0 radical (unpaired) electrons. The molecule has 0 atom stereocenters. The van der Waals surface area contributed by atoms with Crippen LogP contribution in [0.4, 0.5) is 0 Å². The van der Waals surface area contributed by atoms with Gasteiger partial charge in [0.05, 0.1) is 11.9 Å². The van der Waals surface area contributed by atoms with E-state index in [1.807, 2.05) is 6.20 Å². The normalized spacial score (nSPS) is 10.6. The van der Waals surface area contributed by atoms with Crippen LogP contribution in [0.2, 0.25) is 0 Å². The third-order valence-electron chi connectivity index (χ3n) is 2.66. The minimum atomic E-state index is -1.05. The number of aryl methyl sites for hydroxylation is 2. The monoisotopic (exact) mass is 294 g/mol. The predicted molar refractivity (Wildman–Crippen MR) is 73.6 cm³/mol. The molecule has 0 saturated heterocycles. The lowest BCUT2D eigenvalue weighted by atomic mass is 10.3. The zero-order valence-corrected chi connectivity index (χ0v) is 12.1. The number of carbonyl (C=O) groups is 2. The van der Waals surface area contributed by atoms with Crippen LogP contribution in [0.25, 0.3) is 10.6 Å². The number of hydrogen-bond acceptors (Lipinski definition) is 5. The van der Waals surface area contributed by atoms with Crippen LogP contribution >= 0.6 is 11.3 Å². The fraction of sp³-hybridized carbons (Fsp3) is 0.333. The number of likely N-dealkylation sites (N-methyl/N-ethyl adjacent to an activating group) is 1. The fourth-order valence-corrected chi connectivity index (χ4v) is 2.73. The average molecular weight is 294 g/mol. The van der Waals surface area contributed by atoms with Gasteiger partial charge in [0.1, 0.15) is 16.4 Å². The Balaban J connectivity index is 2.27. The third kappa shape index (κ3) is 2.85. The van der Waals surface area contributed by atoms with E-state index >= 15 is 0 Å². The first-order valence-corrected chi connectivity index (χ1v) is 6.64. The summed E-state index contributed by atoms with van der Waals surface area (Å²) in [6.07, 6.45) is 3.49. The highest BCUT2D eigenvalue weighted by atomic mass is 32.1. The first-order valence-electron chi connectivity index (χ1n) is 5.82. The van der Waals surface area contributed by atoms with Gasteiger partial charge >= 0.3 is 5.97 Å². The molecule has 1 N–H and O–H groups in total. The number of thiazole rings is 1. The molecule has 106 valence electrons. The van der Waals surface area contributed by atoms with Crippen LogP contribution in [0.3, 0.4) is 0 Å². The first kappa shape index (κ1) is 14.2. The molecule has 0 aliphatic heterocycles. The second kappa shape index (κ2) is 5.41. The van der Waals surface area contributed by atoms with Gasteiger partial charge in [-0.05, 0) is 6.92 Å². The number of carboxylic acid groups (broad SMARTS) is 1. The Labute approximate surface area is 119 Å². The van der Waals surface area contributed by atoms with Crippen LogP contribution in [-0.2, 0) is 11.8 Å². The van der Waals surface area contributed by atoms with Crippen molar-refractivity contribution in [2.75, 3.05) is 13.6 Å². The van der Waals surface area contributed by atoms with Crippen molar-refractivity contribution in [1.29, 1.82) is 0 Å². The van der Waals surface area contributed by atoms with Gasteiger partial charge in [0, 0.05) is 25.9 Å². The smallest absolute Gasteiger partial charge is 0.323 e. The Kier molecular flexibility index (Phi) is 3.84. The lowest BCUT2D eigenvalue weighted by molar-refractivity contribution is -0.137. The van der Waals surface area contributed by atoms with Crippen LogP contribution in [0, 0.1) is 6.92 Å². The molecule has 1 amide bonds. The van der Waals surface area contributed by atoms with E-state index in [0.717, 1.165) is 10.5 Å². The van der Waals surface area contributed by atoms with Crippen LogP contribution in [0.1, 0.15) is 15.4 Å². The SMILES string of the molecule is Cc1nc(-c2cnn(C)c2)sc1C(=O)N(C)CC(=O)O. The second-order valence-corrected chi connectivity index (χ2v) is 5.39. The van der Waals surface area contributed by atoms with Crippen molar-refractivity contribution >= 4 is 23.2 Å². The molecule has 0 aliphatic rings. The first-order chi connectivity index (χ1) is 9.38.